The predicted molar refractivity (Wildman–Crippen MR) is 116 cm³/mol. The lowest BCUT2D eigenvalue weighted by atomic mass is 9.90. The Morgan fingerprint density at radius 1 is 1.26 bits per heavy atom. The molecule has 2 amide bonds. The minimum absolute atomic E-state index is 0.0566. The van der Waals surface area contributed by atoms with E-state index in [2.05, 4.69) is 15.2 Å². The van der Waals surface area contributed by atoms with Gasteiger partial charge >= 0.3 is 0 Å². The van der Waals surface area contributed by atoms with Gasteiger partial charge in [-0.3, -0.25) is 34.6 Å². The Hall–Kier alpha value is -3.05. The molecule has 1 atom stereocenters. The van der Waals surface area contributed by atoms with Gasteiger partial charge in [-0.15, -0.1) is 0 Å². The van der Waals surface area contributed by atoms with E-state index in [1.807, 2.05) is 27.7 Å². The van der Waals surface area contributed by atoms with Crippen molar-refractivity contribution in [2.24, 2.45) is 11.8 Å². The first-order chi connectivity index (χ1) is 14.5. The maximum atomic E-state index is 13.2. The Morgan fingerprint density at radius 3 is 2.48 bits per heavy atom. The number of nitrogens with one attached hydrogen (secondary N) is 2. The summed E-state index contributed by atoms with van der Waals surface area (Å²) in [6, 6.07) is 1.51. The fourth-order valence-electron chi connectivity index (χ4n) is 3.24. The number of unbranched alkanes of at least 4 members (excludes halogenated alkanes) is 2. The van der Waals surface area contributed by atoms with Crippen LogP contribution in [0.4, 0.5) is 5.82 Å². The molecule has 11 nitrogen and oxygen atoms in total. The zero-order chi connectivity index (χ0) is 23.3. The highest BCUT2D eigenvalue weighted by Gasteiger charge is 2.29. The molecule has 2 heterocycles. The minimum Gasteiger partial charge on any atom is -0.286 e. The Bertz CT molecular complexity index is 1050. The Balaban J connectivity index is 2.60. The number of aromatic amines is 2. The molecule has 0 aliphatic heterocycles. The third kappa shape index (κ3) is 5.56. The summed E-state index contributed by atoms with van der Waals surface area (Å²) in [5.41, 5.74) is -1.23. The molecule has 0 unspecified atom stereocenters. The van der Waals surface area contributed by atoms with Crippen molar-refractivity contribution < 1.29 is 14.8 Å². The van der Waals surface area contributed by atoms with E-state index in [-0.39, 0.29) is 29.5 Å². The lowest BCUT2D eigenvalue weighted by Gasteiger charge is -2.26. The van der Waals surface area contributed by atoms with Gasteiger partial charge < -0.3 is 0 Å². The quantitative estimate of drug-likeness (QED) is 0.115. The number of aromatic nitrogens is 3. The first kappa shape index (κ1) is 24.2. The van der Waals surface area contributed by atoms with E-state index >= 15 is 0 Å². The number of pyridine rings is 1. The molecule has 2 aromatic rings. The third-order valence-corrected chi connectivity index (χ3v) is 5.03. The van der Waals surface area contributed by atoms with Crippen LogP contribution in [0.25, 0.3) is 10.8 Å². The number of nitrogens with zero attached hydrogens (tertiary/aromatic N) is 3. The second-order valence-electron chi connectivity index (χ2n) is 8.54. The van der Waals surface area contributed by atoms with Gasteiger partial charge in [0, 0.05) is 11.1 Å². The van der Waals surface area contributed by atoms with Crippen LogP contribution in [0.15, 0.2) is 15.7 Å². The molecule has 0 aliphatic carbocycles. The lowest BCUT2D eigenvalue weighted by molar-refractivity contribution is -0.154. The van der Waals surface area contributed by atoms with E-state index in [9.17, 15) is 24.4 Å². The number of fused-ring (bicyclic) bond motifs is 1. The molecule has 0 aliphatic rings. The van der Waals surface area contributed by atoms with Crippen LogP contribution in [0.1, 0.15) is 59.1 Å². The van der Waals surface area contributed by atoms with Crippen LogP contribution >= 0.6 is 0 Å². The Morgan fingerprint density at radius 2 is 1.90 bits per heavy atom. The molecule has 0 aromatic carbocycles. The molecular weight excluding hydrogens is 404 g/mol. The molecule has 0 radical (unpaired) electrons. The molecule has 170 valence electrons. The first-order valence-electron chi connectivity index (χ1n) is 10.2. The smallest absolute Gasteiger partial charge is 0.274 e. The maximum Gasteiger partial charge on any atom is 0.274 e. The van der Waals surface area contributed by atoms with E-state index in [4.69, 9.17) is 5.84 Å². The summed E-state index contributed by atoms with van der Waals surface area (Å²) in [5.74, 6) is 4.52. The monoisotopic (exact) mass is 434 g/mol. The summed E-state index contributed by atoms with van der Waals surface area (Å²) >= 11 is 0. The number of carbonyl (C=O) groups excluding carboxylic acids is 2. The summed E-state index contributed by atoms with van der Waals surface area (Å²) in [6.07, 6.45) is 3.04. The number of hydroxylamine groups is 2. The SMILES string of the molecule is CCCCC[C@H](CN(O)C=O)C(=O)N(N)c1nc(C(C)(C)C)cc2c(=O)[nH][nH]c(=O)c12. The molecule has 5 N–H and O–H groups in total. The molecule has 2 aromatic heterocycles. The van der Waals surface area contributed by atoms with Gasteiger partial charge in [-0.1, -0.05) is 47.0 Å². The summed E-state index contributed by atoms with van der Waals surface area (Å²) in [4.78, 5) is 53.4. The number of hydrogen-bond acceptors (Lipinski definition) is 7. The molecule has 31 heavy (non-hydrogen) atoms. The standard InChI is InChI=1S/C20H30N6O5/c1-5-6-7-8-12(10-25(31)11-27)19(30)26(21)16-15-13(17(28)23-24-18(15)29)9-14(22-16)20(2,3)4/h9,11-12,31H,5-8,10,21H2,1-4H3,(H,23,28)(H,24,29)/t12-/m1/s1. The predicted octanol–water partition coefficient (Wildman–Crippen LogP) is 1.16. The number of hydrazine groups is 1. The Labute approximate surface area is 179 Å². The third-order valence-electron chi connectivity index (χ3n) is 5.03. The fourth-order valence-corrected chi connectivity index (χ4v) is 3.24. The van der Waals surface area contributed by atoms with Crippen LogP contribution in [0.5, 0.6) is 0 Å². The largest absolute Gasteiger partial charge is 0.286 e. The Kier molecular flexibility index (Phi) is 7.69. The number of amides is 2. The first-order valence-corrected chi connectivity index (χ1v) is 10.2. The highest BCUT2D eigenvalue weighted by atomic mass is 16.5. The van der Waals surface area contributed by atoms with Crippen molar-refractivity contribution in [2.75, 3.05) is 11.6 Å². The van der Waals surface area contributed by atoms with Gasteiger partial charge in [0.25, 0.3) is 11.1 Å². The molecule has 11 heteroatoms. The summed E-state index contributed by atoms with van der Waals surface area (Å²) < 4.78 is 0. The van der Waals surface area contributed by atoms with Gasteiger partial charge in [-0.25, -0.2) is 20.9 Å². The van der Waals surface area contributed by atoms with E-state index in [0.717, 1.165) is 17.9 Å². The summed E-state index contributed by atoms with van der Waals surface area (Å²) in [7, 11) is 0. The van der Waals surface area contributed by atoms with Crippen molar-refractivity contribution in [3.05, 3.63) is 32.5 Å². The summed E-state index contributed by atoms with van der Waals surface area (Å²) in [6.45, 7) is 7.37. The number of H-pyrrole nitrogens is 2. The fraction of sp³-hybridized carbons (Fsp3) is 0.550. The maximum absolute atomic E-state index is 13.2. The zero-order valence-electron chi connectivity index (χ0n) is 18.3. The van der Waals surface area contributed by atoms with E-state index in [1.54, 1.807) is 0 Å². The van der Waals surface area contributed by atoms with Crippen LogP contribution in [-0.4, -0.2) is 44.3 Å². The number of rotatable bonds is 9. The zero-order valence-corrected chi connectivity index (χ0v) is 18.3. The van der Waals surface area contributed by atoms with Crippen molar-refractivity contribution in [1.29, 1.82) is 0 Å². The van der Waals surface area contributed by atoms with E-state index in [1.165, 1.54) is 6.07 Å². The average Bonchev–Trinajstić information content (AvgIpc) is 2.73. The molecule has 0 fully saturated rings. The van der Waals surface area contributed by atoms with Crippen molar-refractivity contribution >= 4 is 28.9 Å². The molecule has 0 saturated carbocycles. The highest BCUT2D eigenvalue weighted by molar-refractivity contribution is 6.01. The minimum atomic E-state index is -0.817. The van der Waals surface area contributed by atoms with Crippen molar-refractivity contribution in [3.63, 3.8) is 0 Å². The van der Waals surface area contributed by atoms with Crippen LogP contribution in [0.2, 0.25) is 0 Å². The van der Waals surface area contributed by atoms with Gasteiger partial charge in [-0.2, -0.15) is 0 Å². The molecule has 0 bridgehead atoms. The number of hydrogen-bond donors (Lipinski definition) is 4. The molecular formula is C20H30N6O5. The van der Waals surface area contributed by atoms with Crippen LogP contribution < -0.4 is 22.0 Å². The van der Waals surface area contributed by atoms with Gasteiger partial charge in [0.1, 0.15) is 0 Å². The second-order valence-corrected chi connectivity index (χ2v) is 8.54. The normalized spacial score (nSPS) is 12.6. The molecule has 0 saturated heterocycles. The number of nitrogens with two attached hydrogens (primary N) is 1. The number of carbonyl (C=O) groups is 2. The lowest BCUT2D eigenvalue weighted by Crippen LogP contribution is -2.46. The van der Waals surface area contributed by atoms with Gasteiger partial charge in [0.05, 0.1) is 23.2 Å². The highest BCUT2D eigenvalue weighted by Crippen LogP contribution is 2.28. The van der Waals surface area contributed by atoms with Gasteiger partial charge in [0.2, 0.25) is 12.3 Å². The average molecular weight is 434 g/mol. The molecule has 2 rings (SSSR count). The van der Waals surface area contributed by atoms with E-state index < -0.39 is 28.4 Å². The van der Waals surface area contributed by atoms with Crippen LogP contribution in [-0.2, 0) is 15.0 Å². The van der Waals surface area contributed by atoms with E-state index in [0.29, 0.717) is 23.6 Å². The van der Waals surface area contributed by atoms with Gasteiger partial charge in [0.15, 0.2) is 5.82 Å². The van der Waals surface area contributed by atoms with Gasteiger partial charge in [-0.05, 0) is 12.5 Å². The second kappa shape index (κ2) is 9.84. The van der Waals surface area contributed by atoms with Crippen molar-refractivity contribution in [3.8, 4) is 0 Å². The number of anilines is 1. The topological polar surface area (TPSA) is 165 Å². The van der Waals surface area contributed by atoms with Crippen LogP contribution in [0, 0.1) is 5.92 Å². The van der Waals surface area contributed by atoms with Crippen LogP contribution in [0.3, 0.4) is 0 Å². The van der Waals surface area contributed by atoms with Crippen molar-refractivity contribution in [2.45, 2.75) is 58.8 Å². The summed E-state index contributed by atoms with van der Waals surface area (Å²) in [5, 5.41) is 15.2. The van der Waals surface area contributed by atoms with Crippen molar-refractivity contribution in [1.82, 2.24) is 20.2 Å². The molecule has 0 spiro atoms.